The van der Waals surface area contributed by atoms with Crippen molar-refractivity contribution >= 4 is 22.4 Å². The minimum absolute atomic E-state index is 0.0499. The van der Waals surface area contributed by atoms with E-state index < -0.39 is 0 Å². The molecular formula is C20H17NO3. The van der Waals surface area contributed by atoms with Gasteiger partial charge in [-0.25, -0.2) is 0 Å². The van der Waals surface area contributed by atoms with Crippen LogP contribution in [0.1, 0.15) is 17.3 Å². The third-order valence-corrected chi connectivity index (χ3v) is 4.23. The molecule has 0 unspecified atom stereocenters. The van der Waals surface area contributed by atoms with Gasteiger partial charge in [-0.15, -0.1) is 0 Å². The van der Waals surface area contributed by atoms with Crippen LogP contribution in [-0.4, -0.2) is 19.2 Å². The molecule has 1 heterocycles. The van der Waals surface area contributed by atoms with E-state index in [0.717, 1.165) is 16.5 Å². The summed E-state index contributed by atoms with van der Waals surface area (Å²) >= 11 is 0. The molecule has 0 atom stereocenters. The summed E-state index contributed by atoms with van der Waals surface area (Å²) in [6.07, 6.45) is 0. The number of rotatable bonds is 3. The molecule has 0 N–H and O–H groups in total. The fourth-order valence-electron chi connectivity index (χ4n) is 2.97. The zero-order chi connectivity index (χ0) is 16.5. The Balaban J connectivity index is 1.70. The molecule has 0 fully saturated rings. The van der Waals surface area contributed by atoms with Crippen molar-refractivity contribution in [1.82, 2.24) is 0 Å². The predicted octanol–water partition coefficient (Wildman–Crippen LogP) is 4.24. The summed E-state index contributed by atoms with van der Waals surface area (Å²) in [5, 5.41) is 2.28. The predicted molar refractivity (Wildman–Crippen MR) is 93.9 cm³/mol. The molecular weight excluding hydrogens is 302 g/mol. The number of benzene rings is 3. The topological polar surface area (TPSA) is 38.8 Å². The standard InChI is InChI=1S/C20H17NO3/c1-2-21(17-9-7-14-5-3-4-6-15(14)11-17)20(22)16-8-10-18-19(12-16)24-13-23-18/h3-12H,2,13H2,1H3. The Labute approximate surface area is 140 Å². The Morgan fingerprint density at radius 2 is 1.75 bits per heavy atom. The number of hydrogen-bond donors (Lipinski definition) is 0. The van der Waals surface area contributed by atoms with Crippen molar-refractivity contribution in [3.05, 3.63) is 66.2 Å². The summed E-state index contributed by atoms with van der Waals surface area (Å²) in [7, 11) is 0. The summed E-state index contributed by atoms with van der Waals surface area (Å²) in [5.74, 6) is 1.25. The third-order valence-electron chi connectivity index (χ3n) is 4.23. The maximum absolute atomic E-state index is 12.9. The van der Waals surface area contributed by atoms with Crippen LogP contribution in [0.15, 0.2) is 60.7 Å². The van der Waals surface area contributed by atoms with E-state index >= 15 is 0 Å². The van der Waals surface area contributed by atoms with Crippen LogP contribution >= 0.6 is 0 Å². The molecule has 1 amide bonds. The van der Waals surface area contributed by atoms with E-state index in [1.165, 1.54) is 0 Å². The number of hydrogen-bond acceptors (Lipinski definition) is 3. The van der Waals surface area contributed by atoms with Gasteiger partial charge in [0, 0.05) is 17.8 Å². The molecule has 3 aromatic carbocycles. The zero-order valence-electron chi connectivity index (χ0n) is 13.4. The van der Waals surface area contributed by atoms with Gasteiger partial charge in [-0.2, -0.15) is 0 Å². The highest BCUT2D eigenvalue weighted by Crippen LogP contribution is 2.33. The van der Waals surface area contributed by atoms with Gasteiger partial charge in [-0.05, 0) is 48.0 Å². The van der Waals surface area contributed by atoms with Crippen LogP contribution in [0.3, 0.4) is 0 Å². The van der Waals surface area contributed by atoms with Gasteiger partial charge in [0.2, 0.25) is 6.79 Å². The first kappa shape index (κ1) is 14.6. The molecule has 0 radical (unpaired) electrons. The number of carbonyl (C=O) groups excluding carboxylic acids is 1. The fourth-order valence-corrected chi connectivity index (χ4v) is 2.97. The van der Waals surface area contributed by atoms with E-state index in [2.05, 4.69) is 12.1 Å². The van der Waals surface area contributed by atoms with Gasteiger partial charge in [0.1, 0.15) is 0 Å². The average Bonchev–Trinajstić information content (AvgIpc) is 3.10. The van der Waals surface area contributed by atoms with Crippen LogP contribution in [0.25, 0.3) is 10.8 Å². The monoisotopic (exact) mass is 319 g/mol. The van der Waals surface area contributed by atoms with E-state index in [4.69, 9.17) is 9.47 Å². The third kappa shape index (κ3) is 2.46. The minimum Gasteiger partial charge on any atom is -0.454 e. The number of fused-ring (bicyclic) bond motifs is 2. The lowest BCUT2D eigenvalue weighted by Gasteiger charge is -2.21. The van der Waals surface area contributed by atoms with E-state index in [1.807, 2.05) is 37.3 Å². The normalized spacial score (nSPS) is 12.4. The van der Waals surface area contributed by atoms with Gasteiger partial charge in [-0.1, -0.05) is 30.3 Å². The Kier molecular flexibility index (Phi) is 3.58. The van der Waals surface area contributed by atoms with E-state index in [-0.39, 0.29) is 12.7 Å². The van der Waals surface area contributed by atoms with Crippen molar-refractivity contribution in [2.75, 3.05) is 18.2 Å². The second kappa shape index (κ2) is 5.89. The highest BCUT2D eigenvalue weighted by atomic mass is 16.7. The van der Waals surface area contributed by atoms with Crippen molar-refractivity contribution in [3.8, 4) is 11.5 Å². The second-order valence-electron chi connectivity index (χ2n) is 5.65. The van der Waals surface area contributed by atoms with Gasteiger partial charge in [0.25, 0.3) is 5.91 Å². The zero-order valence-corrected chi connectivity index (χ0v) is 13.4. The lowest BCUT2D eigenvalue weighted by molar-refractivity contribution is 0.0988. The molecule has 1 aliphatic rings. The van der Waals surface area contributed by atoms with Crippen molar-refractivity contribution in [1.29, 1.82) is 0 Å². The van der Waals surface area contributed by atoms with Gasteiger partial charge >= 0.3 is 0 Å². The van der Waals surface area contributed by atoms with E-state index in [9.17, 15) is 4.79 Å². The van der Waals surface area contributed by atoms with Crippen molar-refractivity contribution in [3.63, 3.8) is 0 Å². The molecule has 4 rings (SSSR count). The van der Waals surface area contributed by atoms with E-state index in [0.29, 0.717) is 23.6 Å². The van der Waals surface area contributed by atoms with Crippen LogP contribution < -0.4 is 14.4 Å². The Morgan fingerprint density at radius 3 is 2.58 bits per heavy atom. The summed E-state index contributed by atoms with van der Waals surface area (Å²) in [6, 6.07) is 19.5. The maximum Gasteiger partial charge on any atom is 0.258 e. The molecule has 4 heteroatoms. The van der Waals surface area contributed by atoms with E-state index in [1.54, 1.807) is 23.1 Å². The Bertz CT molecular complexity index is 920. The van der Waals surface area contributed by atoms with Crippen molar-refractivity contribution in [2.24, 2.45) is 0 Å². The molecule has 3 aromatic rings. The number of carbonyl (C=O) groups is 1. The molecule has 0 spiro atoms. The Hall–Kier alpha value is -3.01. The average molecular weight is 319 g/mol. The summed E-state index contributed by atoms with van der Waals surface area (Å²) < 4.78 is 10.7. The quantitative estimate of drug-likeness (QED) is 0.725. The first-order valence-electron chi connectivity index (χ1n) is 7.96. The molecule has 0 aliphatic carbocycles. The van der Waals surface area contributed by atoms with Crippen LogP contribution in [0.2, 0.25) is 0 Å². The lowest BCUT2D eigenvalue weighted by atomic mass is 10.1. The van der Waals surface area contributed by atoms with Gasteiger partial charge in [0.05, 0.1) is 0 Å². The molecule has 0 aromatic heterocycles. The number of nitrogens with zero attached hydrogens (tertiary/aromatic N) is 1. The smallest absolute Gasteiger partial charge is 0.258 e. The minimum atomic E-state index is -0.0499. The fraction of sp³-hybridized carbons (Fsp3) is 0.150. The number of ether oxygens (including phenoxy) is 2. The van der Waals surface area contributed by atoms with Crippen molar-refractivity contribution < 1.29 is 14.3 Å². The number of amides is 1. The van der Waals surface area contributed by atoms with Gasteiger partial charge in [-0.3, -0.25) is 4.79 Å². The maximum atomic E-state index is 12.9. The highest BCUT2D eigenvalue weighted by molar-refractivity contribution is 6.07. The highest BCUT2D eigenvalue weighted by Gasteiger charge is 2.20. The summed E-state index contributed by atoms with van der Waals surface area (Å²) in [6.45, 7) is 2.76. The molecule has 0 saturated carbocycles. The first-order chi connectivity index (χ1) is 11.8. The van der Waals surface area contributed by atoms with Gasteiger partial charge in [0.15, 0.2) is 11.5 Å². The Morgan fingerprint density at radius 1 is 0.958 bits per heavy atom. The SMILES string of the molecule is CCN(C(=O)c1ccc2c(c1)OCO2)c1ccc2ccccc2c1. The number of anilines is 1. The molecule has 0 saturated heterocycles. The summed E-state index contributed by atoms with van der Waals surface area (Å²) in [5.41, 5.74) is 1.48. The van der Waals surface area contributed by atoms with Crippen LogP contribution in [-0.2, 0) is 0 Å². The second-order valence-corrected chi connectivity index (χ2v) is 5.65. The molecule has 1 aliphatic heterocycles. The van der Waals surface area contributed by atoms with Gasteiger partial charge < -0.3 is 14.4 Å². The lowest BCUT2D eigenvalue weighted by Crippen LogP contribution is -2.30. The largest absolute Gasteiger partial charge is 0.454 e. The molecule has 0 bridgehead atoms. The summed E-state index contributed by atoms with van der Waals surface area (Å²) in [4.78, 5) is 14.7. The van der Waals surface area contributed by atoms with Crippen LogP contribution in [0, 0.1) is 0 Å². The van der Waals surface area contributed by atoms with Crippen LogP contribution in [0.5, 0.6) is 11.5 Å². The first-order valence-corrected chi connectivity index (χ1v) is 7.96. The molecule has 4 nitrogen and oxygen atoms in total. The van der Waals surface area contributed by atoms with Crippen molar-refractivity contribution in [2.45, 2.75) is 6.92 Å². The molecule has 24 heavy (non-hydrogen) atoms. The molecule has 120 valence electrons. The van der Waals surface area contributed by atoms with Crippen LogP contribution in [0.4, 0.5) is 5.69 Å².